The Bertz CT molecular complexity index is 522. The van der Waals surface area contributed by atoms with E-state index in [2.05, 4.69) is 25.7 Å². The molecule has 0 aliphatic heterocycles. The lowest BCUT2D eigenvalue weighted by molar-refractivity contribution is 0.0689. The van der Waals surface area contributed by atoms with Gasteiger partial charge in [-0.05, 0) is 12.1 Å². The second-order valence-electron chi connectivity index (χ2n) is 3.19. The number of aryl methyl sites for hydroxylation is 1. The predicted molar refractivity (Wildman–Crippen MR) is 55.4 cm³/mol. The van der Waals surface area contributed by atoms with Crippen LogP contribution in [0, 0.1) is 6.92 Å². The van der Waals surface area contributed by atoms with Crippen molar-refractivity contribution in [3.05, 3.63) is 29.5 Å². The molecule has 2 heterocycles. The highest BCUT2D eigenvalue weighted by molar-refractivity contribution is 5.85. The van der Waals surface area contributed by atoms with E-state index in [4.69, 9.17) is 9.63 Å². The Morgan fingerprint density at radius 3 is 2.82 bits per heavy atom. The van der Waals surface area contributed by atoms with Crippen molar-refractivity contribution in [2.24, 2.45) is 0 Å². The Morgan fingerprint density at radius 2 is 2.29 bits per heavy atom. The number of hydrogen-bond acceptors (Lipinski definition) is 7. The second kappa shape index (κ2) is 4.56. The van der Waals surface area contributed by atoms with Crippen molar-refractivity contribution in [2.75, 3.05) is 5.32 Å². The van der Waals surface area contributed by atoms with E-state index in [-0.39, 0.29) is 5.69 Å². The maximum Gasteiger partial charge on any atom is 0.356 e. The summed E-state index contributed by atoms with van der Waals surface area (Å²) < 4.78 is 4.79. The molecule has 0 atom stereocenters. The number of carbonyl (C=O) groups is 1. The molecule has 2 aromatic rings. The largest absolute Gasteiger partial charge is 0.476 e. The number of nitrogens with one attached hydrogen (secondary N) is 1. The van der Waals surface area contributed by atoms with Gasteiger partial charge in [-0.25, -0.2) is 4.79 Å². The summed E-state index contributed by atoms with van der Waals surface area (Å²) in [5.41, 5.74) is -0.106. The van der Waals surface area contributed by atoms with E-state index in [1.54, 1.807) is 6.92 Å². The quantitative estimate of drug-likeness (QED) is 0.786. The fourth-order valence-electron chi connectivity index (χ4n) is 1.12. The minimum absolute atomic E-state index is 0.106. The summed E-state index contributed by atoms with van der Waals surface area (Å²) in [7, 11) is 0. The standard InChI is InChI=1S/C9H9N5O3/c1-5-11-8(14-17-5)4-10-7-3-2-6(9(15)16)12-13-7/h2-3H,4H2,1H3,(H,10,13)(H,15,16). The maximum atomic E-state index is 10.5. The zero-order valence-corrected chi connectivity index (χ0v) is 8.91. The molecule has 0 bridgehead atoms. The number of aromatic nitrogens is 4. The van der Waals surface area contributed by atoms with Crippen LogP contribution >= 0.6 is 0 Å². The van der Waals surface area contributed by atoms with E-state index in [1.807, 2.05) is 0 Å². The summed E-state index contributed by atoms with van der Waals surface area (Å²) >= 11 is 0. The van der Waals surface area contributed by atoms with E-state index >= 15 is 0 Å². The first-order valence-electron chi connectivity index (χ1n) is 4.75. The number of hydrogen-bond donors (Lipinski definition) is 2. The van der Waals surface area contributed by atoms with Crippen molar-refractivity contribution in [1.29, 1.82) is 0 Å². The number of nitrogens with zero attached hydrogens (tertiary/aromatic N) is 4. The highest BCUT2D eigenvalue weighted by atomic mass is 16.5. The van der Waals surface area contributed by atoms with Gasteiger partial charge in [0.15, 0.2) is 11.5 Å². The van der Waals surface area contributed by atoms with Crippen LogP contribution in [-0.4, -0.2) is 31.4 Å². The fraction of sp³-hybridized carbons (Fsp3) is 0.222. The van der Waals surface area contributed by atoms with Gasteiger partial charge in [-0.1, -0.05) is 5.16 Å². The Balaban J connectivity index is 1.97. The molecule has 0 saturated carbocycles. The summed E-state index contributed by atoms with van der Waals surface area (Å²) in [4.78, 5) is 14.5. The van der Waals surface area contributed by atoms with Gasteiger partial charge in [0.1, 0.15) is 5.82 Å². The normalized spacial score (nSPS) is 10.2. The molecule has 0 aromatic carbocycles. The van der Waals surface area contributed by atoms with Crippen LogP contribution in [0.25, 0.3) is 0 Å². The lowest BCUT2D eigenvalue weighted by atomic mass is 10.4. The highest BCUT2D eigenvalue weighted by Gasteiger charge is 2.06. The van der Waals surface area contributed by atoms with Crippen molar-refractivity contribution in [3.63, 3.8) is 0 Å². The average Bonchev–Trinajstić information content (AvgIpc) is 2.73. The van der Waals surface area contributed by atoms with Crippen molar-refractivity contribution >= 4 is 11.8 Å². The number of carboxylic acid groups (broad SMARTS) is 1. The molecule has 8 nitrogen and oxygen atoms in total. The molecule has 2 rings (SSSR count). The van der Waals surface area contributed by atoms with E-state index in [0.717, 1.165) is 0 Å². The molecule has 88 valence electrons. The molecule has 0 unspecified atom stereocenters. The molecule has 2 aromatic heterocycles. The molecular weight excluding hydrogens is 226 g/mol. The lowest BCUT2D eigenvalue weighted by Gasteiger charge is -2.00. The van der Waals surface area contributed by atoms with Gasteiger partial charge in [0, 0.05) is 6.92 Å². The van der Waals surface area contributed by atoms with Crippen LogP contribution in [0.1, 0.15) is 22.2 Å². The number of rotatable bonds is 4. The van der Waals surface area contributed by atoms with Gasteiger partial charge in [-0.3, -0.25) is 0 Å². The molecule has 8 heteroatoms. The van der Waals surface area contributed by atoms with Gasteiger partial charge in [0.2, 0.25) is 5.89 Å². The lowest BCUT2D eigenvalue weighted by Crippen LogP contribution is -2.06. The van der Waals surface area contributed by atoms with Crippen LogP contribution in [-0.2, 0) is 6.54 Å². The van der Waals surface area contributed by atoms with Gasteiger partial charge in [-0.2, -0.15) is 4.98 Å². The molecule has 0 saturated heterocycles. The van der Waals surface area contributed by atoms with Crippen LogP contribution in [0.15, 0.2) is 16.7 Å². The first-order valence-corrected chi connectivity index (χ1v) is 4.75. The van der Waals surface area contributed by atoms with Gasteiger partial charge in [0.25, 0.3) is 0 Å². The highest BCUT2D eigenvalue weighted by Crippen LogP contribution is 2.04. The van der Waals surface area contributed by atoms with Crippen LogP contribution in [0.2, 0.25) is 0 Å². The number of aromatic carboxylic acids is 1. The Kier molecular flexibility index (Phi) is 2.95. The number of anilines is 1. The molecule has 0 radical (unpaired) electrons. The first-order chi connectivity index (χ1) is 8.15. The van der Waals surface area contributed by atoms with Gasteiger partial charge in [0.05, 0.1) is 6.54 Å². The Hall–Kier alpha value is -2.51. The summed E-state index contributed by atoms with van der Waals surface area (Å²) in [6, 6.07) is 2.88. The predicted octanol–water partition coefficient (Wildman–Crippen LogP) is 0.478. The number of carboxylic acids is 1. The van der Waals surface area contributed by atoms with E-state index in [0.29, 0.717) is 24.1 Å². The molecule has 0 spiro atoms. The van der Waals surface area contributed by atoms with E-state index in [9.17, 15) is 4.79 Å². The minimum Gasteiger partial charge on any atom is -0.476 e. The summed E-state index contributed by atoms with van der Waals surface area (Å²) in [5.74, 6) is 0.302. The third-order valence-electron chi connectivity index (χ3n) is 1.88. The summed E-state index contributed by atoms with van der Waals surface area (Å²) in [6.45, 7) is 2.02. The first kappa shape index (κ1) is 11.0. The van der Waals surface area contributed by atoms with E-state index < -0.39 is 5.97 Å². The molecule has 0 amide bonds. The van der Waals surface area contributed by atoms with Gasteiger partial charge >= 0.3 is 5.97 Å². The van der Waals surface area contributed by atoms with Crippen LogP contribution < -0.4 is 5.32 Å². The van der Waals surface area contributed by atoms with Gasteiger partial charge in [-0.15, -0.1) is 10.2 Å². The summed E-state index contributed by atoms with van der Waals surface area (Å²) in [5, 5.41) is 22.4. The molecule has 2 N–H and O–H groups in total. The topological polar surface area (TPSA) is 114 Å². The van der Waals surface area contributed by atoms with Crippen molar-refractivity contribution in [1.82, 2.24) is 20.3 Å². The molecular formula is C9H9N5O3. The zero-order valence-electron chi connectivity index (χ0n) is 8.91. The fourth-order valence-corrected chi connectivity index (χ4v) is 1.12. The minimum atomic E-state index is -1.11. The molecule has 17 heavy (non-hydrogen) atoms. The second-order valence-corrected chi connectivity index (χ2v) is 3.19. The third kappa shape index (κ3) is 2.74. The smallest absolute Gasteiger partial charge is 0.356 e. The van der Waals surface area contributed by atoms with E-state index in [1.165, 1.54) is 12.1 Å². The SMILES string of the molecule is Cc1nc(CNc2ccc(C(=O)O)nn2)no1. The van der Waals surface area contributed by atoms with Crippen molar-refractivity contribution in [3.8, 4) is 0 Å². The van der Waals surface area contributed by atoms with Crippen LogP contribution in [0.5, 0.6) is 0 Å². The van der Waals surface area contributed by atoms with Gasteiger partial charge < -0.3 is 14.9 Å². The molecule has 0 fully saturated rings. The Labute approximate surface area is 95.7 Å². The molecule has 0 aliphatic rings. The van der Waals surface area contributed by atoms with Crippen molar-refractivity contribution < 1.29 is 14.4 Å². The average molecular weight is 235 g/mol. The Morgan fingerprint density at radius 1 is 1.47 bits per heavy atom. The maximum absolute atomic E-state index is 10.5. The zero-order chi connectivity index (χ0) is 12.3. The third-order valence-corrected chi connectivity index (χ3v) is 1.88. The van der Waals surface area contributed by atoms with Crippen LogP contribution in [0.4, 0.5) is 5.82 Å². The monoisotopic (exact) mass is 235 g/mol. The van der Waals surface area contributed by atoms with Crippen LogP contribution in [0.3, 0.4) is 0 Å². The van der Waals surface area contributed by atoms with Crippen molar-refractivity contribution in [2.45, 2.75) is 13.5 Å². The molecule has 0 aliphatic carbocycles. The summed E-state index contributed by atoms with van der Waals surface area (Å²) in [6.07, 6.45) is 0.